The van der Waals surface area contributed by atoms with Crippen LogP contribution in [0.25, 0.3) is 11.8 Å². The van der Waals surface area contributed by atoms with E-state index in [0.717, 1.165) is 0 Å². The lowest BCUT2D eigenvalue weighted by Crippen LogP contribution is -2.54. The summed E-state index contributed by atoms with van der Waals surface area (Å²) in [4.78, 5) is 38.2. The number of nitrogens with zero attached hydrogens (tertiary/aromatic N) is 2. The standard InChI is InChI=1S/C22H14ClN3O4S/c23-17-8-1-2-9-18(17)26-20(28)16(19(27)24-22(26)31)12-15-7-4-10-25(15)14-6-3-5-13(11-14)21(29)30/h1-12H,(H,29,30)(H,24,27,31)/b16-12+. The predicted octanol–water partition coefficient (Wildman–Crippen LogP) is 3.66. The number of hydrogen-bond acceptors (Lipinski definition) is 4. The molecule has 0 radical (unpaired) electrons. The fourth-order valence-electron chi connectivity index (χ4n) is 3.19. The summed E-state index contributed by atoms with van der Waals surface area (Å²) in [7, 11) is 0. The number of amides is 2. The van der Waals surface area contributed by atoms with Crippen LogP contribution < -0.4 is 10.2 Å². The van der Waals surface area contributed by atoms with Crippen molar-refractivity contribution in [1.29, 1.82) is 0 Å². The van der Waals surface area contributed by atoms with E-state index in [2.05, 4.69) is 5.32 Å². The van der Waals surface area contributed by atoms with Crippen molar-refractivity contribution in [3.63, 3.8) is 0 Å². The van der Waals surface area contributed by atoms with Crippen LogP contribution in [0, 0.1) is 0 Å². The molecule has 1 aliphatic rings. The lowest BCUT2D eigenvalue weighted by atomic mass is 10.1. The number of carbonyl (C=O) groups excluding carboxylic acids is 2. The molecule has 0 atom stereocenters. The summed E-state index contributed by atoms with van der Waals surface area (Å²) in [5.41, 5.74) is 1.41. The molecule has 1 fully saturated rings. The van der Waals surface area contributed by atoms with Crippen LogP contribution in [0.5, 0.6) is 0 Å². The third kappa shape index (κ3) is 3.86. The van der Waals surface area contributed by atoms with E-state index >= 15 is 0 Å². The van der Waals surface area contributed by atoms with Crippen molar-refractivity contribution in [1.82, 2.24) is 9.88 Å². The van der Waals surface area contributed by atoms with Crippen LogP contribution in [-0.4, -0.2) is 32.6 Å². The molecule has 0 unspecified atom stereocenters. The van der Waals surface area contributed by atoms with Gasteiger partial charge in [0.1, 0.15) is 5.57 Å². The van der Waals surface area contributed by atoms with Gasteiger partial charge in [0.05, 0.1) is 16.3 Å². The van der Waals surface area contributed by atoms with Gasteiger partial charge in [-0.05, 0) is 60.8 Å². The minimum atomic E-state index is -1.06. The fourth-order valence-corrected chi connectivity index (χ4v) is 3.69. The van der Waals surface area contributed by atoms with Crippen LogP contribution in [0.2, 0.25) is 5.02 Å². The number of halogens is 1. The molecule has 4 rings (SSSR count). The van der Waals surface area contributed by atoms with Gasteiger partial charge in [0.15, 0.2) is 5.11 Å². The second kappa shape index (κ2) is 8.17. The van der Waals surface area contributed by atoms with E-state index < -0.39 is 17.8 Å². The number of aromatic carboxylic acids is 1. The molecule has 1 aromatic heterocycles. The van der Waals surface area contributed by atoms with Crippen molar-refractivity contribution in [2.75, 3.05) is 4.90 Å². The SMILES string of the molecule is O=C1NC(=S)N(c2ccccc2Cl)C(=O)/C1=C/c1cccn1-c1cccc(C(=O)O)c1. The van der Waals surface area contributed by atoms with Gasteiger partial charge in [-0.25, -0.2) is 4.79 Å². The summed E-state index contributed by atoms with van der Waals surface area (Å²) in [6.07, 6.45) is 3.13. The van der Waals surface area contributed by atoms with E-state index in [4.69, 9.17) is 23.8 Å². The second-order valence-electron chi connectivity index (χ2n) is 6.57. The molecule has 2 aromatic carbocycles. The molecule has 1 saturated heterocycles. The molecule has 9 heteroatoms. The molecule has 3 aromatic rings. The lowest BCUT2D eigenvalue weighted by Gasteiger charge is -2.29. The molecule has 0 saturated carbocycles. The molecule has 2 amide bonds. The first-order chi connectivity index (χ1) is 14.9. The molecular weight excluding hydrogens is 438 g/mol. The molecule has 0 spiro atoms. The van der Waals surface area contributed by atoms with Gasteiger partial charge in [-0.1, -0.05) is 29.8 Å². The number of thiocarbonyl (C=S) groups is 1. The second-order valence-corrected chi connectivity index (χ2v) is 7.36. The van der Waals surface area contributed by atoms with E-state index in [1.807, 2.05) is 0 Å². The number of anilines is 1. The van der Waals surface area contributed by atoms with Crippen LogP contribution in [-0.2, 0) is 9.59 Å². The minimum absolute atomic E-state index is 0.0650. The quantitative estimate of drug-likeness (QED) is 0.359. The van der Waals surface area contributed by atoms with Crippen LogP contribution in [0.15, 0.2) is 72.4 Å². The molecule has 31 heavy (non-hydrogen) atoms. The zero-order valence-corrected chi connectivity index (χ0v) is 17.4. The Morgan fingerprint density at radius 2 is 1.84 bits per heavy atom. The van der Waals surface area contributed by atoms with Crippen LogP contribution in [0.3, 0.4) is 0 Å². The first-order valence-corrected chi connectivity index (χ1v) is 9.82. The first-order valence-electron chi connectivity index (χ1n) is 9.04. The number of carboxylic acids is 1. The molecule has 7 nitrogen and oxygen atoms in total. The van der Waals surface area contributed by atoms with Gasteiger partial charge in [0, 0.05) is 17.6 Å². The number of carbonyl (C=O) groups is 3. The van der Waals surface area contributed by atoms with Crippen molar-refractivity contribution in [3.05, 3.63) is 88.7 Å². The Morgan fingerprint density at radius 3 is 2.58 bits per heavy atom. The fraction of sp³-hybridized carbons (Fsp3) is 0. The van der Waals surface area contributed by atoms with E-state index in [9.17, 15) is 19.5 Å². The van der Waals surface area contributed by atoms with Gasteiger partial charge in [-0.2, -0.15) is 0 Å². The number of nitrogens with one attached hydrogen (secondary N) is 1. The van der Waals surface area contributed by atoms with Gasteiger partial charge in [0.2, 0.25) is 0 Å². The van der Waals surface area contributed by atoms with E-state index in [-0.39, 0.29) is 16.2 Å². The van der Waals surface area contributed by atoms with Crippen molar-refractivity contribution in [3.8, 4) is 5.69 Å². The highest BCUT2D eigenvalue weighted by Crippen LogP contribution is 2.29. The average molecular weight is 452 g/mol. The Kier molecular flexibility index (Phi) is 5.41. The van der Waals surface area contributed by atoms with Gasteiger partial charge in [0.25, 0.3) is 11.8 Å². The van der Waals surface area contributed by atoms with Gasteiger partial charge in [-0.3, -0.25) is 19.8 Å². The molecule has 1 aliphatic heterocycles. The maximum Gasteiger partial charge on any atom is 0.335 e. The van der Waals surface area contributed by atoms with Crippen LogP contribution in [0.4, 0.5) is 5.69 Å². The number of para-hydroxylation sites is 1. The van der Waals surface area contributed by atoms with E-state index in [0.29, 0.717) is 22.1 Å². The molecule has 154 valence electrons. The lowest BCUT2D eigenvalue weighted by molar-refractivity contribution is -0.122. The number of hydrogen-bond donors (Lipinski definition) is 2. The number of benzene rings is 2. The maximum atomic E-state index is 13.2. The molecule has 2 heterocycles. The number of aromatic nitrogens is 1. The van der Waals surface area contributed by atoms with Gasteiger partial charge in [-0.15, -0.1) is 0 Å². The Balaban J connectivity index is 1.77. The summed E-state index contributed by atoms with van der Waals surface area (Å²) >= 11 is 11.4. The minimum Gasteiger partial charge on any atom is -0.478 e. The Hall–Kier alpha value is -3.75. The predicted molar refractivity (Wildman–Crippen MR) is 120 cm³/mol. The summed E-state index contributed by atoms with van der Waals surface area (Å²) < 4.78 is 1.67. The molecule has 0 aliphatic carbocycles. The number of carboxylic acid groups (broad SMARTS) is 1. The highest BCUT2D eigenvalue weighted by atomic mass is 35.5. The third-order valence-electron chi connectivity index (χ3n) is 4.64. The van der Waals surface area contributed by atoms with Crippen molar-refractivity contribution in [2.24, 2.45) is 0 Å². The molecule has 0 bridgehead atoms. The summed E-state index contributed by atoms with van der Waals surface area (Å²) in [5.74, 6) is -2.31. The Bertz CT molecular complexity index is 1280. The third-order valence-corrected chi connectivity index (χ3v) is 5.24. The summed E-state index contributed by atoms with van der Waals surface area (Å²) in [5, 5.41) is 12.0. The summed E-state index contributed by atoms with van der Waals surface area (Å²) in [6, 6.07) is 16.4. The highest BCUT2D eigenvalue weighted by Gasteiger charge is 2.35. The summed E-state index contributed by atoms with van der Waals surface area (Å²) in [6.45, 7) is 0. The van der Waals surface area contributed by atoms with Gasteiger partial charge < -0.3 is 9.67 Å². The van der Waals surface area contributed by atoms with E-state index in [1.165, 1.54) is 23.1 Å². The Morgan fingerprint density at radius 1 is 1.06 bits per heavy atom. The maximum absolute atomic E-state index is 13.2. The molecule has 2 N–H and O–H groups in total. The normalized spacial score (nSPS) is 15.3. The van der Waals surface area contributed by atoms with E-state index in [1.54, 1.807) is 59.3 Å². The monoisotopic (exact) mass is 451 g/mol. The van der Waals surface area contributed by atoms with Crippen LogP contribution in [0.1, 0.15) is 16.1 Å². The zero-order chi connectivity index (χ0) is 22.1. The van der Waals surface area contributed by atoms with Crippen molar-refractivity contribution in [2.45, 2.75) is 0 Å². The van der Waals surface area contributed by atoms with Crippen molar-refractivity contribution < 1.29 is 19.5 Å². The van der Waals surface area contributed by atoms with Crippen molar-refractivity contribution >= 4 is 58.5 Å². The molecular formula is C22H14ClN3O4S. The zero-order valence-electron chi connectivity index (χ0n) is 15.8. The highest BCUT2D eigenvalue weighted by molar-refractivity contribution is 7.80. The van der Waals surface area contributed by atoms with Crippen LogP contribution >= 0.6 is 23.8 Å². The average Bonchev–Trinajstić information content (AvgIpc) is 3.21. The largest absolute Gasteiger partial charge is 0.478 e. The topological polar surface area (TPSA) is 91.6 Å². The first kappa shape index (κ1) is 20.5. The smallest absolute Gasteiger partial charge is 0.335 e. The Labute approximate surface area is 187 Å². The number of rotatable bonds is 4. The van der Waals surface area contributed by atoms with Gasteiger partial charge >= 0.3 is 5.97 Å².